The SMILES string of the molecule is COCCNCCCc1nnc(-c2cc3c(s2)CCC3)s1. The lowest BCUT2D eigenvalue weighted by Crippen LogP contribution is -2.20. The molecule has 1 aliphatic carbocycles. The molecule has 3 rings (SSSR count). The van der Waals surface area contributed by atoms with Gasteiger partial charge in [-0.3, -0.25) is 0 Å². The van der Waals surface area contributed by atoms with Crippen molar-refractivity contribution in [2.75, 3.05) is 26.8 Å². The minimum Gasteiger partial charge on any atom is -0.383 e. The molecule has 6 heteroatoms. The van der Waals surface area contributed by atoms with Crippen LogP contribution in [0, 0.1) is 0 Å². The molecule has 0 saturated heterocycles. The van der Waals surface area contributed by atoms with Crippen LogP contribution in [0.1, 0.15) is 28.3 Å². The summed E-state index contributed by atoms with van der Waals surface area (Å²) in [4.78, 5) is 2.87. The van der Waals surface area contributed by atoms with Gasteiger partial charge in [-0.25, -0.2) is 0 Å². The minimum atomic E-state index is 0.770. The summed E-state index contributed by atoms with van der Waals surface area (Å²) in [6.45, 7) is 2.69. The normalized spacial score (nSPS) is 13.8. The topological polar surface area (TPSA) is 47.0 Å². The van der Waals surface area contributed by atoms with Crippen LogP contribution >= 0.6 is 22.7 Å². The van der Waals surface area contributed by atoms with E-state index in [1.807, 2.05) is 11.3 Å². The summed E-state index contributed by atoms with van der Waals surface area (Å²) in [5.41, 5.74) is 1.54. The molecule has 2 heterocycles. The molecule has 0 amide bonds. The first-order valence-electron chi connectivity index (χ1n) is 7.51. The number of nitrogens with zero attached hydrogens (tertiary/aromatic N) is 2. The Labute approximate surface area is 133 Å². The van der Waals surface area contributed by atoms with Gasteiger partial charge in [0.2, 0.25) is 0 Å². The number of rotatable bonds is 8. The molecule has 2 aromatic heterocycles. The molecule has 0 saturated carbocycles. The summed E-state index contributed by atoms with van der Waals surface area (Å²) in [5.74, 6) is 0. The van der Waals surface area contributed by atoms with Crippen molar-refractivity contribution in [2.24, 2.45) is 0 Å². The summed E-state index contributed by atoms with van der Waals surface area (Å²) in [5, 5.41) is 14.3. The van der Waals surface area contributed by atoms with E-state index in [-0.39, 0.29) is 0 Å². The van der Waals surface area contributed by atoms with Crippen molar-refractivity contribution in [3.63, 3.8) is 0 Å². The highest BCUT2D eigenvalue weighted by molar-refractivity contribution is 7.21. The second-order valence-corrected chi connectivity index (χ2v) is 7.46. The first-order chi connectivity index (χ1) is 10.4. The first kappa shape index (κ1) is 15.1. The molecule has 0 bridgehead atoms. The zero-order valence-electron chi connectivity index (χ0n) is 12.4. The lowest BCUT2D eigenvalue weighted by atomic mass is 10.2. The van der Waals surface area contributed by atoms with Gasteiger partial charge in [0, 0.05) is 25.0 Å². The summed E-state index contributed by atoms with van der Waals surface area (Å²) in [6, 6.07) is 2.32. The Morgan fingerprint density at radius 1 is 1.24 bits per heavy atom. The summed E-state index contributed by atoms with van der Waals surface area (Å²) < 4.78 is 5.00. The molecule has 0 aromatic carbocycles. The maximum atomic E-state index is 5.00. The summed E-state index contributed by atoms with van der Waals surface area (Å²) in [6.07, 6.45) is 5.91. The van der Waals surface area contributed by atoms with E-state index in [1.165, 1.54) is 29.7 Å². The monoisotopic (exact) mass is 323 g/mol. The molecule has 0 aliphatic heterocycles. The molecule has 1 aliphatic rings. The molecule has 2 aromatic rings. The third-order valence-corrected chi connectivity index (χ3v) is 6.04. The van der Waals surface area contributed by atoms with Crippen LogP contribution in [0.25, 0.3) is 9.88 Å². The van der Waals surface area contributed by atoms with Gasteiger partial charge in [-0.2, -0.15) is 0 Å². The second-order valence-electron chi connectivity index (χ2n) is 5.26. The van der Waals surface area contributed by atoms with Crippen molar-refractivity contribution in [3.8, 4) is 9.88 Å². The minimum absolute atomic E-state index is 0.770. The van der Waals surface area contributed by atoms with E-state index in [0.29, 0.717) is 0 Å². The maximum absolute atomic E-state index is 5.00. The van der Waals surface area contributed by atoms with Gasteiger partial charge < -0.3 is 10.1 Å². The zero-order chi connectivity index (χ0) is 14.5. The number of fused-ring (bicyclic) bond motifs is 1. The van der Waals surface area contributed by atoms with E-state index in [4.69, 9.17) is 4.74 Å². The van der Waals surface area contributed by atoms with Crippen LogP contribution < -0.4 is 5.32 Å². The van der Waals surface area contributed by atoms with Gasteiger partial charge >= 0.3 is 0 Å². The number of aromatic nitrogens is 2. The van der Waals surface area contributed by atoms with Crippen LogP contribution in [-0.4, -0.2) is 37.0 Å². The molecule has 21 heavy (non-hydrogen) atoms. The molecule has 114 valence electrons. The van der Waals surface area contributed by atoms with E-state index in [9.17, 15) is 0 Å². The van der Waals surface area contributed by atoms with Crippen molar-refractivity contribution in [1.29, 1.82) is 0 Å². The van der Waals surface area contributed by atoms with Crippen LogP contribution in [-0.2, 0) is 24.0 Å². The standard InChI is InChI=1S/C15H21N3OS2/c1-19-9-8-16-7-3-6-14-17-18-15(21-14)13-10-11-4-2-5-12(11)20-13/h10,16H,2-9H2,1H3. The fraction of sp³-hybridized carbons (Fsp3) is 0.600. The van der Waals surface area contributed by atoms with E-state index in [2.05, 4.69) is 21.6 Å². The van der Waals surface area contributed by atoms with Crippen LogP contribution in [0.5, 0.6) is 0 Å². The Hall–Kier alpha value is -0.820. The number of thiophene rings is 1. The Morgan fingerprint density at radius 2 is 2.19 bits per heavy atom. The molecule has 0 unspecified atom stereocenters. The van der Waals surface area contributed by atoms with Crippen molar-refractivity contribution < 1.29 is 4.74 Å². The highest BCUT2D eigenvalue weighted by Gasteiger charge is 2.17. The molecular formula is C15H21N3OS2. The van der Waals surface area contributed by atoms with Gasteiger partial charge in [-0.05, 0) is 43.9 Å². The number of ether oxygens (including phenoxy) is 1. The molecule has 0 spiro atoms. The van der Waals surface area contributed by atoms with Crippen molar-refractivity contribution in [2.45, 2.75) is 32.1 Å². The first-order valence-corrected chi connectivity index (χ1v) is 9.14. The van der Waals surface area contributed by atoms with Crippen molar-refractivity contribution >= 4 is 22.7 Å². The zero-order valence-corrected chi connectivity index (χ0v) is 14.0. The summed E-state index contributed by atoms with van der Waals surface area (Å²) in [7, 11) is 1.73. The van der Waals surface area contributed by atoms with Crippen LogP contribution in [0.4, 0.5) is 0 Å². The van der Waals surface area contributed by atoms with Crippen LogP contribution in [0.15, 0.2) is 6.07 Å². The second kappa shape index (κ2) is 7.45. The largest absolute Gasteiger partial charge is 0.383 e. The van der Waals surface area contributed by atoms with Gasteiger partial charge in [0.25, 0.3) is 0 Å². The Kier molecular flexibility index (Phi) is 5.35. The number of methoxy groups -OCH3 is 1. The number of nitrogens with one attached hydrogen (secondary N) is 1. The molecular weight excluding hydrogens is 302 g/mol. The van der Waals surface area contributed by atoms with Gasteiger partial charge in [0.15, 0.2) is 5.01 Å². The van der Waals surface area contributed by atoms with Crippen LogP contribution in [0.3, 0.4) is 0 Å². The third-order valence-electron chi connectivity index (χ3n) is 3.65. The van der Waals surface area contributed by atoms with Gasteiger partial charge in [0.1, 0.15) is 5.01 Å². The van der Waals surface area contributed by atoms with Crippen molar-refractivity contribution in [1.82, 2.24) is 15.5 Å². The average Bonchev–Trinajstić information content (AvgIpc) is 3.16. The molecule has 1 N–H and O–H groups in total. The lowest BCUT2D eigenvalue weighted by Gasteiger charge is -2.01. The molecule has 0 fully saturated rings. The fourth-order valence-electron chi connectivity index (χ4n) is 2.55. The van der Waals surface area contributed by atoms with Gasteiger partial charge in [-0.15, -0.1) is 21.5 Å². The number of aryl methyl sites for hydroxylation is 3. The quantitative estimate of drug-likeness (QED) is 0.759. The highest BCUT2D eigenvalue weighted by Crippen LogP contribution is 2.37. The van der Waals surface area contributed by atoms with E-state index < -0.39 is 0 Å². The third kappa shape index (κ3) is 3.88. The van der Waals surface area contributed by atoms with E-state index in [0.717, 1.165) is 42.6 Å². The fourth-order valence-corrected chi connectivity index (χ4v) is 4.73. The number of hydrogen-bond donors (Lipinski definition) is 1. The summed E-state index contributed by atoms with van der Waals surface area (Å²) >= 11 is 3.65. The van der Waals surface area contributed by atoms with Crippen molar-refractivity contribution in [3.05, 3.63) is 21.5 Å². The Morgan fingerprint density at radius 3 is 3.05 bits per heavy atom. The smallest absolute Gasteiger partial charge is 0.157 e. The van der Waals surface area contributed by atoms with Crippen LogP contribution in [0.2, 0.25) is 0 Å². The molecule has 0 atom stereocenters. The lowest BCUT2D eigenvalue weighted by molar-refractivity contribution is 0.199. The predicted octanol–water partition coefficient (Wildman–Crippen LogP) is 2.92. The van der Waals surface area contributed by atoms with E-state index >= 15 is 0 Å². The average molecular weight is 323 g/mol. The molecule has 0 radical (unpaired) electrons. The number of hydrogen-bond acceptors (Lipinski definition) is 6. The van der Waals surface area contributed by atoms with Gasteiger partial charge in [0.05, 0.1) is 11.5 Å². The predicted molar refractivity (Wildman–Crippen MR) is 88.3 cm³/mol. The Balaban J connectivity index is 1.49. The molecule has 4 nitrogen and oxygen atoms in total. The van der Waals surface area contributed by atoms with E-state index in [1.54, 1.807) is 23.3 Å². The maximum Gasteiger partial charge on any atom is 0.157 e. The Bertz CT molecular complexity index is 558. The highest BCUT2D eigenvalue weighted by atomic mass is 32.1. The van der Waals surface area contributed by atoms with Gasteiger partial charge in [-0.1, -0.05) is 11.3 Å².